The van der Waals surface area contributed by atoms with Gasteiger partial charge in [-0.2, -0.15) is 0 Å². The fourth-order valence-electron chi connectivity index (χ4n) is 10.1. The van der Waals surface area contributed by atoms with E-state index in [1.54, 1.807) is 0 Å². The van der Waals surface area contributed by atoms with Gasteiger partial charge in [-0.3, -0.25) is 0 Å². The molecule has 3 nitrogen and oxygen atoms in total. The molecule has 0 saturated heterocycles. The van der Waals surface area contributed by atoms with Crippen molar-refractivity contribution in [1.82, 2.24) is 4.57 Å². The third-order valence-corrected chi connectivity index (χ3v) is 12.6. The van der Waals surface area contributed by atoms with E-state index < -0.39 is 0 Å². The summed E-state index contributed by atoms with van der Waals surface area (Å²) in [6, 6.07) is 73.5. The smallest absolute Gasteiger partial charge is 0.0619 e. The highest BCUT2D eigenvalue weighted by Crippen LogP contribution is 2.57. The van der Waals surface area contributed by atoms with E-state index in [2.05, 4.69) is 228 Å². The average Bonchev–Trinajstić information content (AvgIpc) is 3.68. The standard InChI is InChI=1S/C55H39N3/c1-55(2)47-28-14-25-44-46-27-13-26-45-43-33-32-41(35-51(43)58(54(45)46)50-31-15-29-48(55)53(50)52(44)47)56(37-18-5-3-6-19-37)39-22-12-23-40(34-39)57(38-20-7-4-8-21-38)49-30-11-17-36-16-9-10-24-42(36)49/h3-35H,1-2H3. The lowest BCUT2D eigenvalue weighted by Crippen LogP contribution is -2.15. The van der Waals surface area contributed by atoms with Gasteiger partial charge in [0.15, 0.2) is 0 Å². The molecule has 0 fully saturated rings. The van der Waals surface area contributed by atoms with Crippen LogP contribution in [0, 0.1) is 0 Å². The van der Waals surface area contributed by atoms with Crippen molar-refractivity contribution in [2.45, 2.75) is 19.3 Å². The number of aromatic nitrogens is 1. The number of para-hydroxylation sites is 3. The van der Waals surface area contributed by atoms with Crippen molar-refractivity contribution < 1.29 is 0 Å². The number of nitrogens with zero attached hydrogens (tertiary/aromatic N) is 3. The summed E-state index contributed by atoms with van der Waals surface area (Å²) in [5.41, 5.74) is 18.4. The summed E-state index contributed by atoms with van der Waals surface area (Å²) in [5.74, 6) is 0. The van der Waals surface area contributed by atoms with Crippen molar-refractivity contribution in [3.63, 3.8) is 0 Å². The van der Waals surface area contributed by atoms with E-state index in [4.69, 9.17) is 0 Å². The van der Waals surface area contributed by atoms with Crippen LogP contribution >= 0.6 is 0 Å². The van der Waals surface area contributed by atoms with Crippen LogP contribution in [0.15, 0.2) is 200 Å². The van der Waals surface area contributed by atoms with Gasteiger partial charge in [-0.1, -0.05) is 147 Å². The Morgan fingerprint density at radius 1 is 0.397 bits per heavy atom. The minimum absolute atomic E-state index is 0.0923. The number of hydrogen-bond acceptors (Lipinski definition) is 2. The second-order valence-electron chi connectivity index (χ2n) is 16.2. The topological polar surface area (TPSA) is 11.4 Å². The van der Waals surface area contributed by atoms with Crippen LogP contribution < -0.4 is 9.80 Å². The monoisotopic (exact) mass is 741 g/mol. The first-order chi connectivity index (χ1) is 28.6. The van der Waals surface area contributed by atoms with E-state index in [0.717, 1.165) is 34.1 Å². The normalized spacial score (nSPS) is 13.1. The Hall–Kier alpha value is -7.36. The van der Waals surface area contributed by atoms with Crippen molar-refractivity contribution in [3.8, 4) is 27.9 Å². The molecule has 0 N–H and O–H groups in total. The van der Waals surface area contributed by atoms with Gasteiger partial charge < -0.3 is 14.4 Å². The van der Waals surface area contributed by atoms with Crippen molar-refractivity contribution in [2.24, 2.45) is 0 Å². The third-order valence-electron chi connectivity index (χ3n) is 12.6. The summed E-state index contributed by atoms with van der Waals surface area (Å²) in [6.45, 7) is 4.76. The molecule has 0 spiro atoms. The summed E-state index contributed by atoms with van der Waals surface area (Å²) in [4.78, 5) is 4.79. The minimum Gasteiger partial charge on any atom is -0.310 e. The lowest BCUT2D eigenvalue weighted by atomic mass is 9.82. The van der Waals surface area contributed by atoms with Crippen molar-refractivity contribution >= 4 is 66.7 Å². The highest BCUT2D eigenvalue weighted by atomic mass is 15.2. The summed E-state index contributed by atoms with van der Waals surface area (Å²) >= 11 is 0. The Balaban J connectivity index is 1.10. The molecule has 58 heavy (non-hydrogen) atoms. The Kier molecular flexibility index (Phi) is 6.98. The van der Waals surface area contributed by atoms with Gasteiger partial charge in [-0.05, 0) is 94.4 Å². The maximum Gasteiger partial charge on any atom is 0.0619 e. The zero-order valence-electron chi connectivity index (χ0n) is 32.4. The highest BCUT2D eigenvalue weighted by molar-refractivity contribution is 6.18. The molecule has 0 saturated carbocycles. The summed E-state index contributed by atoms with van der Waals surface area (Å²) in [5, 5.41) is 4.95. The molecule has 10 aromatic rings. The summed E-state index contributed by atoms with van der Waals surface area (Å²) in [6.07, 6.45) is 0. The summed E-state index contributed by atoms with van der Waals surface area (Å²) in [7, 11) is 0. The van der Waals surface area contributed by atoms with E-state index in [9.17, 15) is 0 Å². The lowest BCUT2D eigenvalue weighted by Gasteiger charge is -2.30. The van der Waals surface area contributed by atoms with Gasteiger partial charge in [0, 0.05) is 61.1 Å². The van der Waals surface area contributed by atoms with Crippen LogP contribution in [0.2, 0.25) is 0 Å². The van der Waals surface area contributed by atoms with Crippen LogP contribution in [0.4, 0.5) is 34.1 Å². The second-order valence-corrected chi connectivity index (χ2v) is 16.2. The van der Waals surface area contributed by atoms with E-state index >= 15 is 0 Å². The molecule has 0 bridgehead atoms. The molecule has 2 aliphatic rings. The predicted molar refractivity (Wildman–Crippen MR) is 244 cm³/mol. The molecular weight excluding hydrogens is 703 g/mol. The predicted octanol–water partition coefficient (Wildman–Crippen LogP) is 15.2. The van der Waals surface area contributed by atoms with Gasteiger partial charge in [0.25, 0.3) is 0 Å². The van der Waals surface area contributed by atoms with E-state index in [1.165, 1.54) is 71.6 Å². The molecule has 12 rings (SSSR count). The Labute approximate surface area is 338 Å². The van der Waals surface area contributed by atoms with Crippen LogP contribution in [0.3, 0.4) is 0 Å². The Bertz CT molecular complexity index is 3260. The minimum atomic E-state index is -0.0923. The average molecular weight is 742 g/mol. The summed E-state index contributed by atoms with van der Waals surface area (Å²) < 4.78 is 2.56. The molecule has 0 amide bonds. The van der Waals surface area contributed by atoms with Crippen LogP contribution in [0.1, 0.15) is 25.0 Å². The number of anilines is 6. The molecule has 0 radical (unpaired) electrons. The van der Waals surface area contributed by atoms with E-state index in [-0.39, 0.29) is 5.41 Å². The molecule has 1 aliphatic carbocycles. The van der Waals surface area contributed by atoms with Crippen LogP contribution in [-0.2, 0) is 5.41 Å². The highest BCUT2D eigenvalue weighted by Gasteiger charge is 2.40. The Morgan fingerprint density at radius 3 is 1.78 bits per heavy atom. The molecule has 274 valence electrons. The molecular formula is C55H39N3. The second kappa shape index (κ2) is 12.3. The lowest BCUT2D eigenvalue weighted by molar-refractivity contribution is 0.660. The molecule has 1 aliphatic heterocycles. The molecule has 9 aromatic carbocycles. The molecule has 0 unspecified atom stereocenters. The van der Waals surface area contributed by atoms with Crippen molar-refractivity contribution in [3.05, 3.63) is 211 Å². The first-order valence-electron chi connectivity index (χ1n) is 20.2. The van der Waals surface area contributed by atoms with Crippen LogP contribution in [-0.4, -0.2) is 4.57 Å². The first-order valence-corrected chi connectivity index (χ1v) is 20.2. The maximum atomic E-state index is 2.56. The maximum absolute atomic E-state index is 2.56. The number of rotatable bonds is 6. The SMILES string of the molecule is CC1(C)c2cccc3c2-c2c(cccc21)-n1c2cc(N(c4ccccc4)c4cccc(N(c5ccccc5)c5cccc6ccccc56)c4)ccc2c2cccc-3c21. The molecule has 1 aromatic heterocycles. The van der Waals surface area contributed by atoms with Gasteiger partial charge in [0.2, 0.25) is 0 Å². The fraction of sp³-hybridized carbons (Fsp3) is 0.0545. The molecule has 0 atom stereocenters. The van der Waals surface area contributed by atoms with Crippen LogP contribution in [0.5, 0.6) is 0 Å². The largest absolute Gasteiger partial charge is 0.310 e. The van der Waals surface area contributed by atoms with E-state index in [1.807, 2.05) is 0 Å². The third kappa shape index (κ3) is 4.62. The zero-order chi connectivity index (χ0) is 38.5. The first kappa shape index (κ1) is 32.8. The van der Waals surface area contributed by atoms with Gasteiger partial charge in [-0.15, -0.1) is 0 Å². The Morgan fingerprint density at radius 2 is 0.966 bits per heavy atom. The fourth-order valence-corrected chi connectivity index (χ4v) is 10.1. The van der Waals surface area contributed by atoms with Gasteiger partial charge in [-0.25, -0.2) is 0 Å². The number of benzene rings is 9. The van der Waals surface area contributed by atoms with Gasteiger partial charge in [0.05, 0.1) is 22.4 Å². The van der Waals surface area contributed by atoms with Gasteiger partial charge >= 0.3 is 0 Å². The van der Waals surface area contributed by atoms with Crippen molar-refractivity contribution in [2.75, 3.05) is 9.80 Å². The van der Waals surface area contributed by atoms with Gasteiger partial charge in [0.1, 0.15) is 0 Å². The van der Waals surface area contributed by atoms with E-state index in [0.29, 0.717) is 0 Å². The number of hydrogen-bond donors (Lipinski definition) is 0. The number of fused-ring (bicyclic) bond motifs is 6. The molecule has 3 heteroatoms. The quantitative estimate of drug-likeness (QED) is 0.168. The van der Waals surface area contributed by atoms with Crippen molar-refractivity contribution in [1.29, 1.82) is 0 Å². The molecule has 2 heterocycles. The zero-order valence-corrected chi connectivity index (χ0v) is 32.4. The van der Waals surface area contributed by atoms with Crippen LogP contribution in [0.25, 0.3) is 60.5 Å².